The van der Waals surface area contributed by atoms with Crippen molar-refractivity contribution in [1.82, 2.24) is 9.78 Å². The van der Waals surface area contributed by atoms with Gasteiger partial charge < -0.3 is 0 Å². The number of nitriles is 1. The van der Waals surface area contributed by atoms with Gasteiger partial charge in [-0.05, 0) is 11.0 Å². The Morgan fingerprint density at radius 1 is 1.28 bits per heavy atom. The van der Waals surface area contributed by atoms with E-state index in [2.05, 4.69) is 31.9 Å². The second-order valence-corrected chi connectivity index (χ2v) is 5.49. The fraction of sp³-hybridized carbons (Fsp3) is 0.333. The van der Waals surface area contributed by atoms with Crippen LogP contribution in [0.15, 0.2) is 30.6 Å². The summed E-state index contributed by atoms with van der Waals surface area (Å²) in [5, 5.41) is 13.6. The van der Waals surface area contributed by atoms with Crippen LogP contribution in [-0.4, -0.2) is 9.78 Å². The third kappa shape index (κ3) is 2.14. The Morgan fingerprint density at radius 2 is 2.00 bits per heavy atom. The molecule has 0 saturated heterocycles. The third-order valence-electron chi connectivity index (χ3n) is 3.00. The lowest BCUT2D eigenvalue weighted by atomic mass is 9.82. The molecule has 0 atom stereocenters. The van der Waals surface area contributed by atoms with Crippen molar-refractivity contribution >= 4 is 0 Å². The minimum atomic E-state index is -0.0384. The van der Waals surface area contributed by atoms with Crippen LogP contribution in [0, 0.1) is 11.3 Å². The van der Waals surface area contributed by atoms with E-state index in [-0.39, 0.29) is 5.41 Å². The second-order valence-electron chi connectivity index (χ2n) is 5.49. The van der Waals surface area contributed by atoms with Gasteiger partial charge in [0.2, 0.25) is 0 Å². The van der Waals surface area contributed by atoms with E-state index < -0.39 is 0 Å². The molecule has 0 unspecified atom stereocenters. The van der Waals surface area contributed by atoms with Crippen LogP contribution in [-0.2, 0) is 12.5 Å². The van der Waals surface area contributed by atoms with Gasteiger partial charge in [0.05, 0.1) is 11.8 Å². The molecule has 0 saturated carbocycles. The predicted octanol–water partition coefficient (Wildman–Crippen LogP) is 3.26. The summed E-state index contributed by atoms with van der Waals surface area (Å²) in [5.41, 5.74) is 3.73. The van der Waals surface area contributed by atoms with Gasteiger partial charge in [0.15, 0.2) is 0 Å². The van der Waals surface area contributed by atoms with E-state index in [1.165, 1.54) is 0 Å². The van der Waals surface area contributed by atoms with Crippen LogP contribution in [0.1, 0.15) is 31.9 Å². The van der Waals surface area contributed by atoms with Crippen molar-refractivity contribution in [3.05, 3.63) is 41.7 Å². The summed E-state index contributed by atoms with van der Waals surface area (Å²) < 4.78 is 1.75. The molecule has 2 aromatic rings. The van der Waals surface area contributed by atoms with Crippen molar-refractivity contribution in [1.29, 1.82) is 5.26 Å². The summed E-state index contributed by atoms with van der Waals surface area (Å²) in [7, 11) is 1.88. The molecule has 3 heteroatoms. The van der Waals surface area contributed by atoms with Crippen LogP contribution in [0.5, 0.6) is 0 Å². The first kappa shape index (κ1) is 12.4. The number of hydrogen-bond acceptors (Lipinski definition) is 2. The van der Waals surface area contributed by atoms with Gasteiger partial charge in [-0.25, -0.2) is 0 Å². The van der Waals surface area contributed by atoms with Gasteiger partial charge >= 0.3 is 0 Å². The lowest BCUT2D eigenvalue weighted by Gasteiger charge is -2.21. The van der Waals surface area contributed by atoms with E-state index in [9.17, 15) is 5.26 Å². The van der Waals surface area contributed by atoms with E-state index in [1.54, 1.807) is 10.9 Å². The number of nitrogens with zero attached hydrogens (tertiary/aromatic N) is 3. The lowest BCUT2D eigenvalue weighted by Crippen LogP contribution is -2.13. The monoisotopic (exact) mass is 239 g/mol. The van der Waals surface area contributed by atoms with Gasteiger partial charge in [-0.1, -0.05) is 39.0 Å². The molecule has 0 bridgehead atoms. The molecule has 0 N–H and O–H groups in total. The highest BCUT2D eigenvalue weighted by atomic mass is 15.2. The van der Waals surface area contributed by atoms with Crippen molar-refractivity contribution in [2.75, 3.05) is 0 Å². The standard InChI is InChI=1S/C15H17N3/c1-15(2,3)14-7-5-6-12(13(14)8-16)11-9-17-18(4)10-11/h5-7,9-10H,1-4H3. The van der Waals surface area contributed by atoms with Crippen LogP contribution in [0.25, 0.3) is 11.1 Å². The molecule has 3 nitrogen and oxygen atoms in total. The van der Waals surface area contributed by atoms with Crippen molar-refractivity contribution in [3.63, 3.8) is 0 Å². The summed E-state index contributed by atoms with van der Waals surface area (Å²) in [5.74, 6) is 0. The third-order valence-corrected chi connectivity index (χ3v) is 3.00. The highest BCUT2D eigenvalue weighted by molar-refractivity contribution is 5.71. The molecule has 0 amide bonds. The van der Waals surface area contributed by atoms with Crippen LogP contribution in [0.3, 0.4) is 0 Å². The maximum absolute atomic E-state index is 9.45. The first-order chi connectivity index (χ1) is 8.43. The van der Waals surface area contributed by atoms with Gasteiger partial charge in [0.25, 0.3) is 0 Å². The number of hydrogen-bond donors (Lipinski definition) is 0. The molecule has 92 valence electrons. The lowest BCUT2D eigenvalue weighted by molar-refractivity contribution is 0.589. The largest absolute Gasteiger partial charge is 0.275 e. The summed E-state index contributed by atoms with van der Waals surface area (Å²) in [4.78, 5) is 0. The van der Waals surface area contributed by atoms with Crippen molar-refractivity contribution in [3.8, 4) is 17.2 Å². The fourth-order valence-electron chi connectivity index (χ4n) is 2.10. The molecule has 0 aliphatic carbocycles. The molecule has 0 aliphatic heterocycles. The molecule has 0 fully saturated rings. The Morgan fingerprint density at radius 3 is 2.50 bits per heavy atom. The van der Waals surface area contributed by atoms with Gasteiger partial charge in [0, 0.05) is 24.4 Å². The number of rotatable bonds is 1. The maximum Gasteiger partial charge on any atom is 0.100 e. The normalized spacial score (nSPS) is 11.3. The van der Waals surface area contributed by atoms with Crippen LogP contribution >= 0.6 is 0 Å². The van der Waals surface area contributed by atoms with Crippen molar-refractivity contribution < 1.29 is 0 Å². The molecule has 1 aromatic carbocycles. The molecule has 18 heavy (non-hydrogen) atoms. The number of aromatic nitrogens is 2. The predicted molar refractivity (Wildman–Crippen MR) is 72.1 cm³/mol. The van der Waals surface area contributed by atoms with Gasteiger partial charge in [-0.15, -0.1) is 0 Å². The fourth-order valence-corrected chi connectivity index (χ4v) is 2.10. The smallest absolute Gasteiger partial charge is 0.100 e. The molecular formula is C15H17N3. The van der Waals surface area contributed by atoms with Gasteiger partial charge in [-0.2, -0.15) is 10.4 Å². The van der Waals surface area contributed by atoms with E-state index in [0.717, 1.165) is 22.3 Å². The van der Waals surface area contributed by atoms with Gasteiger partial charge in [-0.3, -0.25) is 4.68 Å². The molecule has 1 heterocycles. The van der Waals surface area contributed by atoms with Crippen molar-refractivity contribution in [2.24, 2.45) is 7.05 Å². The first-order valence-corrected chi connectivity index (χ1v) is 5.96. The minimum Gasteiger partial charge on any atom is -0.275 e. The van der Waals surface area contributed by atoms with E-state index in [1.807, 2.05) is 31.4 Å². The zero-order valence-corrected chi connectivity index (χ0v) is 11.2. The number of benzene rings is 1. The molecule has 0 aliphatic rings. The first-order valence-electron chi connectivity index (χ1n) is 5.96. The quantitative estimate of drug-likeness (QED) is 0.766. The SMILES string of the molecule is Cn1cc(-c2cccc(C(C)(C)C)c2C#N)cn1. The Labute approximate surface area is 108 Å². The molecule has 2 rings (SSSR count). The number of aryl methyl sites for hydroxylation is 1. The van der Waals surface area contributed by atoms with E-state index in [0.29, 0.717) is 0 Å². The summed E-state index contributed by atoms with van der Waals surface area (Å²) in [6.45, 7) is 6.36. The van der Waals surface area contributed by atoms with Gasteiger partial charge in [0.1, 0.15) is 6.07 Å². The Kier molecular flexibility index (Phi) is 2.96. The van der Waals surface area contributed by atoms with E-state index in [4.69, 9.17) is 0 Å². The minimum absolute atomic E-state index is 0.0384. The van der Waals surface area contributed by atoms with Crippen molar-refractivity contribution in [2.45, 2.75) is 26.2 Å². The summed E-state index contributed by atoms with van der Waals surface area (Å²) in [6.07, 6.45) is 3.73. The van der Waals surface area contributed by atoms with Crippen LogP contribution in [0.2, 0.25) is 0 Å². The summed E-state index contributed by atoms with van der Waals surface area (Å²) >= 11 is 0. The second kappa shape index (κ2) is 4.30. The Balaban J connectivity index is 2.67. The van der Waals surface area contributed by atoms with E-state index >= 15 is 0 Å². The highest BCUT2D eigenvalue weighted by Gasteiger charge is 2.20. The highest BCUT2D eigenvalue weighted by Crippen LogP contribution is 2.32. The average molecular weight is 239 g/mol. The van der Waals surface area contributed by atoms with Crippen LogP contribution < -0.4 is 0 Å². The summed E-state index contributed by atoms with van der Waals surface area (Å²) in [6, 6.07) is 8.35. The zero-order chi connectivity index (χ0) is 13.3. The molecule has 0 spiro atoms. The molecule has 0 radical (unpaired) electrons. The Hall–Kier alpha value is -2.08. The average Bonchev–Trinajstić information content (AvgIpc) is 2.73. The Bertz CT molecular complexity index is 609. The topological polar surface area (TPSA) is 41.6 Å². The molecule has 1 aromatic heterocycles. The maximum atomic E-state index is 9.45. The zero-order valence-electron chi connectivity index (χ0n) is 11.2. The molecular weight excluding hydrogens is 222 g/mol. The van der Waals surface area contributed by atoms with Crippen LogP contribution in [0.4, 0.5) is 0 Å².